The number of thioether (sulfide) groups is 1. The Morgan fingerprint density at radius 3 is 2.47 bits per heavy atom. The fourth-order valence-corrected chi connectivity index (χ4v) is 3.97. The van der Waals surface area contributed by atoms with Crippen LogP contribution in [0.25, 0.3) is 0 Å². The standard InChI is InChI=1S/C22H23N5O2S/c1-14(21(29)24-18-11-9-16(10-12-18)19(23)28)30-22-26-25-20(17-7-8-17)27(22)13-15-5-3-2-4-6-15/h2-6,9-12,14,17H,7-8,13H2,1H3,(H2,23,28)(H,24,29). The van der Waals surface area contributed by atoms with Crippen LogP contribution in [-0.2, 0) is 11.3 Å². The summed E-state index contributed by atoms with van der Waals surface area (Å²) in [5, 5.41) is 12.0. The number of rotatable bonds is 8. The van der Waals surface area contributed by atoms with Gasteiger partial charge < -0.3 is 15.6 Å². The molecule has 1 saturated carbocycles. The lowest BCUT2D eigenvalue weighted by Crippen LogP contribution is -2.23. The zero-order valence-corrected chi connectivity index (χ0v) is 17.4. The van der Waals surface area contributed by atoms with Crippen LogP contribution in [0.2, 0.25) is 0 Å². The molecule has 0 aliphatic heterocycles. The number of hydrogen-bond donors (Lipinski definition) is 2. The summed E-state index contributed by atoms with van der Waals surface area (Å²) in [4.78, 5) is 23.9. The molecule has 2 aromatic carbocycles. The van der Waals surface area contributed by atoms with Gasteiger partial charge in [-0.15, -0.1) is 10.2 Å². The molecule has 30 heavy (non-hydrogen) atoms. The van der Waals surface area contributed by atoms with Gasteiger partial charge in [0.05, 0.1) is 11.8 Å². The van der Waals surface area contributed by atoms with E-state index < -0.39 is 5.91 Å². The Bertz CT molecular complexity index is 1050. The summed E-state index contributed by atoms with van der Waals surface area (Å²) in [6, 6.07) is 16.7. The first-order chi connectivity index (χ1) is 14.5. The molecular weight excluding hydrogens is 398 g/mol. The van der Waals surface area contributed by atoms with Gasteiger partial charge in [-0.3, -0.25) is 9.59 Å². The van der Waals surface area contributed by atoms with Crippen molar-refractivity contribution in [1.29, 1.82) is 0 Å². The molecule has 7 nitrogen and oxygen atoms in total. The van der Waals surface area contributed by atoms with E-state index in [1.807, 2.05) is 25.1 Å². The number of primary amides is 1. The van der Waals surface area contributed by atoms with Crippen molar-refractivity contribution in [3.8, 4) is 0 Å². The first-order valence-corrected chi connectivity index (χ1v) is 10.7. The van der Waals surface area contributed by atoms with Gasteiger partial charge in [0, 0.05) is 17.2 Å². The molecule has 0 radical (unpaired) electrons. The van der Waals surface area contributed by atoms with Gasteiger partial charge in [0.1, 0.15) is 5.82 Å². The van der Waals surface area contributed by atoms with E-state index in [9.17, 15) is 9.59 Å². The SMILES string of the molecule is CC(Sc1nnc(C2CC2)n1Cc1ccccc1)C(=O)Nc1ccc(C(N)=O)cc1. The fourth-order valence-electron chi connectivity index (χ4n) is 3.12. The first kappa shape index (κ1) is 20.2. The molecule has 8 heteroatoms. The molecule has 0 spiro atoms. The summed E-state index contributed by atoms with van der Waals surface area (Å²) >= 11 is 1.39. The second-order valence-electron chi connectivity index (χ2n) is 7.38. The maximum Gasteiger partial charge on any atom is 0.248 e. The molecule has 1 aliphatic rings. The van der Waals surface area contributed by atoms with E-state index >= 15 is 0 Å². The lowest BCUT2D eigenvalue weighted by Gasteiger charge is -2.14. The molecule has 3 N–H and O–H groups in total. The largest absolute Gasteiger partial charge is 0.366 e. The highest BCUT2D eigenvalue weighted by molar-refractivity contribution is 8.00. The molecule has 154 valence electrons. The summed E-state index contributed by atoms with van der Waals surface area (Å²) in [6.07, 6.45) is 2.27. The maximum atomic E-state index is 12.7. The summed E-state index contributed by atoms with van der Waals surface area (Å²) in [5.74, 6) is 0.814. The Kier molecular flexibility index (Phi) is 5.85. The smallest absolute Gasteiger partial charge is 0.248 e. The van der Waals surface area contributed by atoms with Crippen LogP contribution in [0.5, 0.6) is 0 Å². The van der Waals surface area contributed by atoms with Crippen molar-refractivity contribution >= 4 is 29.3 Å². The Morgan fingerprint density at radius 1 is 1.13 bits per heavy atom. The molecule has 1 atom stereocenters. The lowest BCUT2D eigenvalue weighted by atomic mass is 10.2. The molecule has 1 unspecified atom stereocenters. The second kappa shape index (κ2) is 8.71. The number of nitrogens with zero attached hydrogens (tertiary/aromatic N) is 3. The van der Waals surface area contributed by atoms with Crippen LogP contribution in [0, 0.1) is 0 Å². The monoisotopic (exact) mass is 421 g/mol. The minimum Gasteiger partial charge on any atom is -0.366 e. The molecule has 1 aromatic heterocycles. The third-order valence-electron chi connectivity index (χ3n) is 4.96. The maximum absolute atomic E-state index is 12.7. The Balaban J connectivity index is 1.46. The molecule has 3 aromatic rings. The number of hydrogen-bond acceptors (Lipinski definition) is 5. The molecule has 2 amide bonds. The zero-order valence-electron chi connectivity index (χ0n) is 16.6. The average molecular weight is 422 g/mol. The van der Waals surface area contributed by atoms with Crippen LogP contribution >= 0.6 is 11.8 Å². The van der Waals surface area contributed by atoms with E-state index in [0.29, 0.717) is 23.7 Å². The van der Waals surface area contributed by atoms with Crippen LogP contribution in [0.1, 0.15) is 47.4 Å². The van der Waals surface area contributed by atoms with E-state index in [2.05, 4.69) is 32.2 Å². The van der Waals surface area contributed by atoms with Crippen molar-refractivity contribution in [3.63, 3.8) is 0 Å². The minimum atomic E-state index is -0.499. The second-order valence-corrected chi connectivity index (χ2v) is 8.69. The molecule has 4 rings (SSSR count). The molecule has 0 bridgehead atoms. The van der Waals surface area contributed by atoms with Crippen LogP contribution < -0.4 is 11.1 Å². The Hall–Kier alpha value is -3.13. The fraction of sp³-hybridized carbons (Fsp3) is 0.273. The van der Waals surface area contributed by atoms with E-state index in [1.165, 1.54) is 17.3 Å². The molecule has 0 saturated heterocycles. The molecule has 1 aliphatic carbocycles. The van der Waals surface area contributed by atoms with E-state index in [4.69, 9.17) is 5.73 Å². The van der Waals surface area contributed by atoms with E-state index in [-0.39, 0.29) is 11.2 Å². The first-order valence-electron chi connectivity index (χ1n) is 9.85. The number of amides is 2. The van der Waals surface area contributed by atoms with Gasteiger partial charge in [-0.1, -0.05) is 42.1 Å². The van der Waals surface area contributed by atoms with Gasteiger partial charge in [0.2, 0.25) is 11.8 Å². The predicted molar refractivity (Wildman–Crippen MR) is 116 cm³/mol. The minimum absolute atomic E-state index is 0.144. The Labute approximate surface area is 179 Å². The number of carbonyl (C=O) groups excluding carboxylic acids is 2. The third kappa shape index (κ3) is 4.71. The normalized spacial score (nSPS) is 14.3. The van der Waals surface area contributed by atoms with Gasteiger partial charge >= 0.3 is 0 Å². The summed E-state index contributed by atoms with van der Waals surface area (Å²) in [6.45, 7) is 2.53. The number of anilines is 1. The summed E-state index contributed by atoms with van der Waals surface area (Å²) in [7, 11) is 0. The van der Waals surface area contributed by atoms with E-state index in [1.54, 1.807) is 24.3 Å². The van der Waals surface area contributed by atoms with Crippen molar-refractivity contribution in [2.45, 2.75) is 42.6 Å². The number of aromatic nitrogens is 3. The van der Waals surface area contributed by atoms with Crippen molar-refractivity contribution in [2.24, 2.45) is 5.73 Å². The van der Waals surface area contributed by atoms with Crippen LogP contribution in [0.4, 0.5) is 5.69 Å². The summed E-state index contributed by atoms with van der Waals surface area (Å²) < 4.78 is 2.13. The highest BCUT2D eigenvalue weighted by Crippen LogP contribution is 2.40. The predicted octanol–water partition coefficient (Wildman–Crippen LogP) is 3.42. The molecular formula is C22H23N5O2S. The van der Waals surface area contributed by atoms with Gasteiger partial charge in [0.15, 0.2) is 5.16 Å². The van der Waals surface area contributed by atoms with Crippen LogP contribution in [-0.4, -0.2) is 31.8 Å². The lowest BCUT2D eigenvalue weighted by molar-refractivity contribution is -0.115. The molecule has 1 heterocycles. The highest BCUT2D eigenvalue weighted by atomic mass is 32.2. The van der Waals surface area contributed by atoms with Crippen molar-refractivity contribution in [3.05, 3.63) is 71.5 Å². The Morgan fingerprint density at radius 2 is 1.83 bits per heavy atom. The summed E-state index contributed by atoms with van der Waals surface area (Å²) in [5.41, 5.74) is 7.44. The van der Waals surface area contributed by atoms with Gasteiger partial charge in [-0.2, -0.15) is 0 Å². The quantitative estimate of drug-likeness (QED) is 0.543. The topological polar surface area (TPSA) is 103 Å². The highest BCUT2D eigenvalue weighted by Gasteiger charge is 2.31. The molecule has 1 fully saturated rings. The van der Waals surface area contributed by atoms with Gasteiger partial charge in [-0.05, 0) is 49.6 Å². The number of nitrogens with two attached hydrogens (primary N) is 1. The van der Waals surface area contributed by atoms with E-state index in [0.717, 1.165) is 23.8 Å². The number of benzene rings is 2. The average Bonchev–Trinajstić information content (AvgIpc) is 3.52. The third-order valence-corrected chi connectivity index (χ3v) is 6.04. The number of nitrogens with one attached hydrogen (secondary N) is 1. The van der Waals surface area contributed by atoms with Crippen molar-refractivity contribution < 1.29 is 9.59 Å². The van der Waals surface area contributed by atoms with Crippen LogP contribution in [0.3, 0.4) is 0 Å². The van der Waals surface area contributed by atoms with Gasteiger partial charge in [-0.25, -0.2) is 0 Å². The van der Waals surface area contributed by atoms with Crippen molar-refractivity contribution in [2.75, 3.05) is 5.32 Å². The zero-order chi connectivity index (χ0) is 21.1. The van der Waals surface area contributed by atoms with Gasteiger partial charge in [0.25, 0.3) is 0 Å². The van der Waals surface area contributed by atoms with Crippen LogP contribution in [0.15, 0.2) is 59.8 Å². The van der Waals surface area contributed by atoms with Crippen molar-refractivity contribution in [1.82, 2.24) is 14.8 Å². The number of carbonyl (C=O) groups is 2.